The first-order chi connectivity index (χ1) is 13.7. The minimum absolute atomic E-state index is 0.0823. The summed E-state index contributed by atoms with van der Waals surface area (Å²) in [6.07, 6.45) is 2.77. The molecule has 2 aromatic carbocycles. The molecule has 0 spiro atoms. The van der Waals surface area contributed by atoms with E-state index in [0.717, 1.165) is 34.2 Å². The van der Waals surface area contributed by atoms with E-state index in [2.05, 4.69) is 38.5 Å². The number of aromatic nitrogens is 4. The predicted molar refractivity (Wildman–Crippen MR) is 107 cm³/mol. The molecule has 2 aromatic heterocycles. The van der Waals surface area contributed by atoms with Crippen LogP contribution in [-0.4, -0.2) is 19.9 Å². The van der Waals surface area contributed by atoms with Gasteiger partial charge in [-0.3, -0.25) is 5.43 Å². The van der Waals surface area contributed by atoms with Gasteiger partial charge < -0.3 is 10.7 Å². The highest BCUT2D eigenvalue weighted by molar-refractivity contribution is 8.02. The van der Waals surface area contributed by atoms with Crippen LogP contribution in [0, 0.1) is 5.82 Å². The van der Waals surface area contributed by atoms with Gasteiger partial charge in [0.15, 0.2) is 6.04 Å². The van der Waals surface area contributed by atoms with Gasteiger partial charge in [0.25, 0.3) is 0 Å². The summed E-state index contributed by atoms with van der Waals surface area (Å²) in [7, 11) is 0. The van der Waals surface area contributed by atoms with Crippen molar-refractivity contribution in [1.82, 2.24) is 19.9 Å². The van der Waals surface area contributed by atoms with E-state index in [-0.39, 0.29) is 11.9 Å². The molecule has 28 heavy (non-hydrogen) atoms. The van der Waals surface area contributed by atoms with E-state index in [1.807, 2.05) is 28.4 Å². The fourth-order valence-corrected chi connectivity index (χ4v) is 4.15. The summed E-state index contributed by atoms with van der Waals surface area (Å²) in [5.74, 6) is 0.510. The zero-order chi connectivity index (χ0) is 19.1. The van der Waals surface area contributed by atoms with Gasteiger partial charge in [-0.05, 0) is 35.9 Å². The lowest BCUT2D eigenvalue weighted by Crippen LogP contribution is -2.56. The standard InChI is InChI=1S/C20H17FN6S/c21-14-7-5-12(6-8-14)18-11-28-20-25-24-19(27(20)26-18)16(22)9-13-10-23-17-4-2-1-3-15(13)17/h1-8,10-11,16,23,26H,9,22H2/p+1/t16-/m0/s1. The first-order valence-corrected chi connectivity index (χ1v) is 9.80. The third kappa shape index (κ3) is 2.96. The molecule has 5 rings (SSSR count). The van der Waals surface area contributed by atoms with Crippen LogP contribution in [0.25, 0.3) is 16.6 Å². The lowest BCUT2D eigenvalue weighted by Gasteiger charge is -2.20. The second-order valence-corrected chi connectivity index (χ2v) is 7.54. The summed E-state index contributed by atoms with van der Waals surface area (Å²) in [4.78, 5) is 3.30. The third-order valence-corrected chi connectivity index (χ3v) is 5.66. The van der Waals surface area contributed by atoms with E-state index >= 15 is 0 Å². The number of hydrogen-bond acceptors (Lipinski definition) is 4. The van der Waals surface area contributed by atoms with Gasteiger partial charge in [-0.25, -0.2) is 9.07 Å². The Balaban J connectivity index is 1.41. The van der Waals surface area contributed by atoms with Crippen molar-refractivity contribution in [2.45, 2.75) is 17.6 Å². The van der Waals surface area contributed by atoms with E-state index in [0.29, 0.717) is 0 Å². The molecule has 1 atom stereocenters. The average Bonchev–Trinajstić information content (AvgIpc) is 3.32. The molecule has 8 heteroatoms. The van der Waals surface area contributed by atoms with Crippen LogP contribution in [0.4, 0.5) is 4.39 Å². The van der Waals surface area contributed by atoms with Crippen LogP contribution in [0.15, 0.2) is 65.3 Å². The Morgan fingerprint density at radius 1 is 1.11 bits per heavy atom. The summed E-state index contributed by atoms with van der Waals surface area (Å²) in [5, 5.41) is 12.5. The van der Waals surface area contributed by atoms with Gasteiger partial charge in [0.05, 0.1) is 5.70 Å². The number of thioether (sulfide) groups is 1. The largest absolute Gasteiger partial charge is 0.361 e. The number of rotatable bonds is 4. The van der Waals surface area contributed by atoms with Crippen molar-refractivity contribution in [2.24, 2.45) is 0 Å². The van der Waals surface area contributed by atoms with Crippen molar-refractivity contribution in [3.63, 3.8) is 0 Å². The molecule has 0 aliphatic carbocycles. The molecule has 0 amide bonds. The Bertz CT molecular complexity index is 1180. The van der Waals surface area contributed by atoms with Gasteiger partial charge >= 0.3 is 0 Å². The van der Waals surface area contributed by atoms with Crippen LogP contribution in [0.2, 0.25) is 0 Å². The Kier molecular flexibility index (Phi) is 4.14. The van der Waals surface area contributed by atoms with Gasteiger partial charge in [0, 0.05) is 34.5 Å². The van der Waals surface area contributed by atoms with Crippen molar-refractivity contribution < 1.29 is 10.1 Å². The van der Waals surface area contributed by atoms with E-state index < -0.39 is 0 Å². The normalized spacial score (nSPS) is 14.4. The van der Waals surface area contributed by atoms with Crippen molar-refractivity contribution in [2.75, 3.05) is 5.43 Å². The Hall–Kier alpha value is -3.10. The fourth-order valence-electron chi connectivity index (χ4n) is 3.40. The maximum Gasteiger partial charge on any atom is 0.214 e. The first-order valence-electron chi connectivity index (χ1n) is 8.92. The molecule has 1 aliphatic rings. The minimum Gasteiger partial charge on any atom is -0.361 e. The smallest absolute Gasteiger partial charge is 0.214 e. The zero-order valence-electron chi connectivity index (χ0n) is 14.9. The zero-order valence-corrected chi connectivity index (χ0v) is 15.7. The highest BCUT2D eigenvalue weighted by Gasteiger charge is 2.25. The van der Waals surface area contributed by atoms with Gasteiger partial charge in [-0.2, -0.15) is 0 Å². The SMILES string of the molecule is [NH3+][C@@H](Cc1c[nH]c2ccccc12)c1nnc2n1NC(c1ccc(F)cc1)=CS2. The molecule has 140 valence electrons. The summed E-state index contributed by atoms with van der Waals surface area (Å²) >= 11 is 1.48. The van der Waals surface area contributed by atoms with E-state index in [1.165, 1.54) is 34.8 Å². The van der Waals surface area contributed by atoms with Crippen LogP contribution in [0.5, 0.6) is 0 Å². The number of quaternary nitrogens is 1. The maximum atomic E-state index is 13.2. The second-order valence-electron chi connectivity index (χ2n) is 6.70. The average molecular weight is 393 g/mol. The Morgan fingerprint density at radius 2 is 1.93 bits per heavy atom. The molecular weight excluding hydrogens is 375 g/mol. The number of nitrogens with zero attached hydrogens (tertiary/aromatic N) is 3. The summed E-state index contributed by atoms with van der Waals surface area (Å²) < 4.78 is 15.1. The van der Waals surface area contributed by atoms with Crippen LogP contribution in [0.3, 0.4) is 0 Å². The van der Waals surface area contributed by atoms with Gasteiger partial charge in [-0.15, -0.1) is 10.2 Å². The highest BCUT2D eigenvalue weighted by Crippen LogP contribution is 2.30. The molecule has 4 aromatic rings. The number of nitrogens with one attached hydrogen (secondary N) is 2. The lowest BCUT2D eigenvalue weighted by molar-refractivity contribution is -0.428. The molecule has 0 radical (unpaired) electrons. The van der Waals surface area contributed by atoms with E-state index in [1.54, 1.807) is 12.1 Å². The van der Waals surface area contributed by atoms with Crippen molar-refractivity contribution >= 4 is 28.4 Å². The number of aromatic amines is 1. The molecule has 0 saturated heterocycles. The van der Waals surface area contributed by atoms with E-state index in [9.17, 15) is 4.39 Å². The second kappa shape index (κ2) is 6.81. The van der Waals surface area contributed by atoms with Crippen LogP contribution < -0.4 is 11.2 Å². The number of H-pyrrole nitrogens is 1. The van der Waals surface area contributed by atoms with Crippen molar-refractivity contribution in [3.8, 4) is 0 Å². The summed E-state index contributed by atoms with van der Waals surface area (Å²) in [5.41, 5.74) is 11.8. The minimum atomic E-state index is -0.255. The molecule has 0 fully saturated rings. The number of fused-ring (bicyclic) bond motifs is 2. The monoisotopic (exact) mass is 393 g/mol. The molecule has 5 N–H and O–H groups in total. The molecular formula is C20H18FN6S+. The molecule has 3 heterocycles. The first kappa shape index (κ1) is 17.0. The van der Waals surface area contributed by atoms with Gasteiger partial charge in [0.1, 0.15) is 5.82 Å². The maximum absolute atomic E-state index is 13.2. The fraction of sp³-hybridized carbons (Fsp3) is 0.100. The summed E-state index contributed by atoms with van der Waals surface area (Å²) in [6, 6.07) is 14.5. The number of halogens is 1. The van der Waals surface area contributed by atoms with Crippen molar-refractivity contribution in [3.05, 3.63) is 82.9 Å². The number of benzene rings is 2. The predicted octanol–water partition coefficient (Wildman–Crippen LogP) is 3.07. The van der Waals surface area contributed by atoms with E-state index in [4.69, 9.17) is 0 Å². The van der Waals surface area contributed by atoms with Crippen LogP contribution in [-0.2, 0) is 6.42 Å². The Morgan fingerprint density at radius 3 is 2.79 bits per heavy atom. The van der Waals surface area contributed by atoms with Crippen LogP contribution in [0.1, 0.15) is 23.0 Å². The topological polar surface area (TPSA) is 86.2 Å². The Labute approximate surface area is 164 Å². The third-order valence-electron chi connectivity index (χ3n) is 4.83. The van der Waals surface area contributed by atoms with Gasteiger partial charge in [0.2, 0.25) is 11.0 Å². The molecule has 0 bridgehead atoms. The molecule has 0 saturated carbocycles. The van der Waals surface area contributed by atoms with Gasteiger partial charge in [-0.1, -0.05) is 30.0 Å². The molecule has 6 nitrogen and oxygen atoms in total. The van der Waals surface area contributed by atoms with Crippen molar-refractivity contribution in [1.29, 1.82) is 0 Å². The highest BCUT2D eigenvalue weighted by atomic mass is 32.2. The quantitative estimate of drug-likeness (QED) is 0.497. The molecule has 1 aliphatic heterocycles. The summed E-state index contributed by atoms with van der Waals surface area (Å²) in [6.45, 7) is 0. The molecule has 0 unspecified atom stereocenters. The number of para-hydroxylation sites is 1. The lowest BCUT2D eigenvalue weighted by atomic mass is 10.1. The number of hydrogen-bond donors (Lipinski definition) is 3. The van der Waals surface area contributed by atoms with Crippen LogP contribution >= 0.6 is 11.8 Å².